The maximum atomic E-state index is 11.9. The lowest BCUT2D eigenvalue weighted by molar-refractivity contribution is -0.133. The molecule has 0 atom stereocenters. The first-order chi connectivity index (χ1) is 7.53. The van der Waals surface area contributed by atoms with E-state index >= 15 is 0 Å². The second-order valence-electron chi connectivity index (χ2n) is 3.66. The molecule has 90 valence electrons. The molecule has 0 saturated carbocycles. The van der Waals surface area contributed by atoms with Crippen LogP contribution in [0.25, 0.3) is 0 Å². The van der Waals surface area contributed by atoms with Crippen molar-refractivity contribution in [2.24, 2.45) is 0 Å². The highest BCUT2D eigenvalue weighted by atomic mass is 19.4. The molecule has 1 aromatic carbocycles. The number of halogens is 3. The van der Waals surface area contributed by atoms with Crippen molar-refractivity contribution in [3.05, 3.63) is 35.4 Å². The lowest BCUT2D eigenvalue weighted by Crippen LogP contribution is -2.21. The summed E-state index contributed by atoms with van der Waals surface area (Å²) >= 11 is 0. The molecule has 0 aromatic heterocycles. The first-order valence-corrected chi connectivity index (χ1v) is 5.37. The summed E-state index contributed by atoms with van der Waals surface area (Å²) in [5.74, 6) is 0. The minimum atomic E-state index is -4.07. The molecule has 0 bridgehead atoms. The van der Waals surface area contributed by atoms with Crippen molar-refractivity contribution in [2.45, 2.75) is 32.5 Å². The Balaban J connectivity index is 2.37. The van der Waals surface area contributed by atoms with Crippen LogP contribution in [0.3, 0.4) is 0 Å². The smallest absolute Gasteiger partial charge is 0.312 e. The molecule has 0 heterocycles. The SMILES string of the molecule is CCc1ccccc1CNCCC(F)(F)F. The Kier molecular flexibility index (Phi) is 4.80. The van der Waals surface area contributed by atoms with Gasteiger partial charge in [0.1, 0.15) is 0 Å². The Morgan fingerprint density at radius 2 is 1.75 bits per heavy atom. The monoisotopic (exact) mass is 231 g/mol. The first-order valence-electron chi connectivity index (χ1n) is 5.37. The van der Waals surface area contributed by atoms with E-state index in [1.165, 1.54) is 5.56 Å². The minimum absolute atomic E-state index is 0.0262. The minimum Gasteiger partial charge on any atom is -0.312 e. The number of hydrogen-bond acceptors (Lipinski definition) is 1. The van der Waals surface area contributed by atoms with Gasteiger partial charge in [-0.05, 0) is 17.5 Å². The zero-order valence-corrected chi connectivity index (χ0v) is 9.27. The van der Waals surface area contributed by atoms with Crippen LogP contribution in [-0.2, 0) is 13.0 Å². The maximum Gasteiger partial charge on any atom is 0.390 e. The molecule has 0 aliphatic carbocycles. The summed E-state index contributed by atoms with van der Waals surface area (Å²) in [6, 6.07) is 7.79. The predicted octanol–water partition coefficient (Wildman–Crippen LogP) is 3.29. The molecule has 1 rings (SSSR count). The topological polar surface area (TPSA) is 12.0 Å². The Morgan fingerprint density at radius 1 is 1.12 bits per heavy atom. The second kappa shape index (κ2) is 5.89. The van der Waals surface area contributed by atoms with Crippen LogP contribution in [0.2, 0.25) is 0 Å². The normalized spacial score (nSPS) is 11.8. The van der Waals surface area contributed by atoms with Gasteiger partial charge in [0.25, 0.3) is 0 Å². The Morgan fingerprint density at radius 3 is 2.31 bits per heavy atom. The van der Waals surface area contributed by atoms with Gasteiger partial charge in [0.2, 0.25) is 0 Å². The molecule has 4 heteroatoms. The van der Waals surface area contributed by atoms with Gasteiger partial charge in [-0.1, -0.05) is 31.2 Å². The van der Waals surface area contributed by atoms with Crippen LogP contribution >= 0.6 is 0 Å². The second-order valence-corrected chi connectivity index (χ2v) is 3.66. The van der Waals surface area contributed by atoms with Gasteiger partial charge >= 0.3 is 6.18 Å². The van der Waals surface area contributed by atoms with Crippen LogP contribution in [0.15, 0.2) is 24.3 Å². The van der Waals surface area contributed by atoms with Gasteiger partial charge in [0, 0.05) is 13.1 Å². The number of benzene rings is 1. The lowest BCUT2D eigenvalue weighted by Gasteiger charge is -2.10. The molecule has 0 unspecified atom stereocenters. The van der Waals surface area contributed by atoms with E-state index in [1.807, 2.05) is 31.2 Å². The van der Waals surface area contributed by atoms with E-state index in [1.54, 1.807) is 0 Å². The molecule has 1 nitrogen and oxygen atoms in total. The summed E-state index contributed by atoms with van der Waals surface area (Å²) in [6.45, 7) is 2.51. The fraction of sp³-hybridized carbons (Fsp3) is 0.500. The van der Waals surface area contributed by atoms with Crippen LogP contribution in [-0.4, -0.2) is 12.7 Å². The van der Waals surface area contributed by atoms with Gasteiger partial charge in [-0.15, -0.1) is 0 Å². The van der Waals surface area contributed by atoms with Gasteiger partial charge in [0.05, 0.1) is 6.42 Å². The third kappa shape index (κ3) is 4.66. The third-order valence-electron chi connectivity index (χ3n) is 2.40. The van der Waals surface area contributed by atoms with E-state index in [4.69, 9.17) is 0 Å². The molecule has 0 aliphatic heterocycles. The molecule has 0 saturated heterocycles. The summed E-state index contributed by atoms with van der Waals surface area (Å²) in [5.41, 5.74) is 2.26. The molecular weight excluding hydrogens is 215 g/mol. The Hall–Kier alpha value is -1.03. The van der Waals surface area contributed by atoms with Crippen molar-refractivity contribution in [3.8, 4) is 0 Å². The van der Waals surface area contributed by atoms with Crippen LogP contribution in [0.4, 0.5) is 13.2 Å². The lowest BCUT2D eigenvalue weighted by atomic mass is 10.1. The van der Waals surface area contributed by atoms with Crippen LogP contribution in [0.1, 0.15) is 24.5 Å². The van der Waals surface area contributed by atoms with Gasteiger partial charge in [-0.3, -0.25) is 0 Å². The van der Waals surface area contributed by atoms with E-state index in [-0.39, 0.29) is 6.54 Å². The summed E-state index contributed by atoms with van der Waals surface area (Å²) in [5, 5.41) is 2.81. The van der Waals surface area contributed by atoms with E-state index in [0.29, 0.717) is 6.54 Å². The zero-order chi connectivity index (χ0) is 12.0. The standard InChI is InChI=1S/C12H16F3N/c1-2-10-5-3-4-6-11(10)9-16-8-7-12(13,14)15/h3-6,16H,2,7-9H2,1H3. The number of aryl methyl sites for hydroxylation is 1. The Bertz CT molecular complexity index is 320. The summed E-state index contributed by atoms with van der Waals surface area (Å²) in [7, 11) is 0. The van der Waals surface area contributed by atoms with Crippen LogP contribution in [0.5, 0.6) is 0 Å². The molecule has 0 radical (unpaired) electrons. The van der Waals surface area contributed by atoms with E-state index < -0.39 is 12.6 Å². The molecule has 0 aliphatic rings. The average molecular weight is 231 g/mol. The van der Waals surface area contributed by atoms with E-state index in [2.05, 4.69) is 5.32 Å². The fourth-order valence-corrected chi connectivity index (χ4v) is 1.53. The number of nitrogens with one attached hydrogen (secondary N) is 1. The summed E-state index contributed by atoms with van der Waals surface area (Å²) in [6.07, 6.45) is -3.95. The van der Waals surface area contributed by atoms with Gasteiger partial charge in [-0.25, -0.2) is 0 Å². The highest BCUT2D eigenvalue weighted by molar-refractivity contribution is 5.26. The molecule has 16 heavy (non-hydrogen) atoms. The van der Waals surface area contributed by atoms with Crippen LogP contribution < -0.4 is 5.32 Å². The fourth-order valence-electron chi connectivity index (χ4n) is 1.53. The Labute approximate surface area is 93.7 Å². The highest BCUT2D eigenvalue weighted by Gasteiger charge is 2.25. The van der Waals surface area contributed by atoms with Gasteiger partial charge < -0.3 is 5.32 Å². The summed E-state index contributed by atoms with van der Waals surface area (Å²) in [4.78, 5) is 0. The van der Waals surface area contributed by atoms with E-state index in [9.17, 15) is 13.2 Å². The molecule has 1 aromatic rings. The molecule has 1 N–H and O–H groups in total. The van der Waals surface area contributed by atoms with Crippen molar-refractivity contribution in [2.75, 3.05) is 6.54 Å². The molecular formula is C12H16F3N. The number of rotatable bonds is 5. The first kappa shape index (κ1) is 13.0. The van der Waals surface area contributed by atoms with Crippen molar-refractivity contribution in [1.29, 1.82) is 0 Å². The van der Waals surface area contributed by atoms with Crippen molar-refractivity contribution in [1.82, 2.24) is 5.32 Å². The predicted molar refractivity (Wildman–Crippen MR) is 58.2 cm³/mol. The van der Waals surface area contributed by atoms with E-state index in [0.717, 1.165) is 12.0 Å². The quantitative estimate of drug-likeness (QED) is 0.767. The molecule has 0 fully saturated rings. The maximum absolute atomic E-state index is 11.9. The average Bonchev–Trinajstić information content (AvgIpc) is 2.23. The highest BCUT2D eigenvalue weighted by Crippen LogP contribution is 2.18. The van der Waals surface area contributed by atoms with Gasteiger partial charge in [-0.2, -0.15) is 13.2 Å². The summed E-state index contributed by atoms with van der Waals surface area (Å²) < 4.78 is 35.7. The largest absolute Gasteiger partial charge is 0.390 e. The third-order valence-corrected chi connectivity index (χ3v) is 2.40. The van der Waals surface area contributed by atoms with Crippen molar-refractivity contribution >= 4 is 0 Å². The number of alkyl halides is 3. The van der Waals surface area contributed by atoms with Crippen molar-refractivity contribution < 1.29 is 13.2 Å². The zero-order valence-electron chi connectivity index (χ0n) is 9.27. The molecule has 0 spiro atoms. The van der Waals surface area contributed by atoms with Crippen LogP contribution in [0, 0.1) is 0 Å². The number of hydrogen-bond donors (Lipinski definition) is 1. The van der Waals surface area contributed by atoms with Gasteiger partial charge in [0.15, 0.2) is 0 Å². The van der Waals surface area contributed by atoms with Crippen molar-refractivity contribution in [3.63, 3.8) is 0 Å². The molecule has 0 amide bonds.